The Bertz CT molecular complexity index is 281. The van der Waals surface area contributed by atoms with Crippen LogP contribution in [0.5, 0.6) is 0 Å². The van der Waals surface area contributed by atoms with E-state index < -0.39 is 0 Å². The van der Waals surface area contributed by atoms with Gasteiger partial charge in [-0.15, -0.1) is 0 Å². The number of benzene rings is 1. The molecule has 0 aromatic heterocycles. The highest BCUT2D eigenvalue weighted by Crippen LogP contribution is 2.12. The third-order valence-electron chi connectivity index (χ3n) is 2.80. The highest BCUT2D eigenvalue weighted by Gasteiger charge is 2.02. The summed E-state index contributed by atoms with van der Waals surface area (Å²) in [4.78, 5) is 0. The van der Waals surface area contributed by atoms with Crippen LogP contribution in [0.25, 0.3) is 0 Å². The second-order valence-corrected chi connectivity index (χ2v) is 5.27. The summed E-state index contributed by atoms with van der Waals surface area (Å²) in [5.41, 5.74) is 2.71. The maximum absolute atomic E-state index is 3.57. The van der Waals surface area contributed by atoms with Gasteiger partial charge >= 0.3 is 0 Å². The average molecular weight is 237 g/mol. The zero-order valence-electron chi connectivity index (χ0n) is 10.6. The van der Waals surface area contributed by atoms with Crippen molar-refractivity contribution in [3.8, 4) is 0 Å². The van der Waals surface area contributed by atoms with Crippen molar-refractivity contribution in [2.45, 2.75) is 32.7 Å². The van der Waals surface area contributed by atoms with Crippen molar-refractivity contribution < 1.29 is 0 Å². The minimum absolute atomic E-state index is 0.467. The number of aryl methyl sites for hydroxylation is 1. The highest BCUT2D eigenvalue weighted by molar-refractivity contribution is 7.98. The Kier molecular flexibility index (Phi) is 6.58. The van der Waals surface area contributed by atoms with Crippen molar-refractivity contribution in [1.82, 2.24) is 5.32 Å². The van der Waals surface area contributed by atoms with E-state index in [1.165, 1.54) is 29.7 Å². The average Bonchev–Trinajstić information content (AvgIpc) is 2.29. The van der Waals surface area contributed by atoms with Crippen LogP contribution in [0.4, 0.5) is 0 Å². The number of rotatable bonds is 7. The van der Waals surface area contributed by atoms with Gasteiger partial charge in [-0.05, 0) is 50.8 Å². The maximum atomic E-state index is 3.57. The van der Waals surface area contributed by atoms with Crippen LogP contribution in [0.15, 0.2) is 24.3 Å². The van der Waals surface area contributed by atoms with E-state index in [2.05, 4.69) is 49.7 Å². The van der Waals surface area contributed by atoms with Crippen molar-refractivity contribution >= 4 is 11.8 Å². The van der Waals surface area contributed by atoms with Crippen LogP contribution in [0.3, 0.4) is 0 Å². The van der Waals surface area contributed by atoms with Crippen LogP contribution in [0.1, 0.15) is 36.9 Å². The molecule has 16 heavy (non-hydrogen) atoms. The summed E-state index contributed by atoms with van der Waals surface area (Å²) in [5, 5.41) is 3.57. The van der Waals surface area contributed by atoms with Gasteiger partial charge in [0.25, 0.3) is 0 Å². The van der Waals surface area contributed by atoms with E-state index in [1.807, 2.05) is 11.8 Å². The fourth-order valence-corrected chi connectivity index (χ4v) is 2.16. The van der Waals surface area contributed by atoms with Gasteiger partial charge in [-0.2, -0.15) is 11.8 Å². The van der Waals surface area contributed by atoms with Gasteiger partial charge in [0.1, 0.15) is 0 Å². The molecule has 0 bridgehead atoms. The minimum Gasteiger partial charge on any atom is -0.310 e. The molecule has 1 N–H and O–H groups in total. The van der Waals surface area contributed by atoms with Gasteiger partial charge < -0.3 is 5.32 Å². The van der Waals surface area contributed by atoms with Gasteiger partial charge in [-0.3, -0.25) is 0 Å². The van der Waals surface area contributed by atoms with Crippen molar-refractivity contribution in [3.05, 3.63) is 35.4 Å². The molecule has 2 heteroatoms. The lowest BCUT2D eigenvalue weighted by Crippen LogP contribution is -2.19. The molecule has 0 fully saturated rings. The second kappa shape index (κ2) is 7.75. The first-order chi connectivity index (χ1) is 7.74. The monoisotopic (exact) mass is 237 g/mol. The zero-order chi connectivity index (χ0) is 11.8. The number of hydrogen-bond donors (Lipinski definition) is 1. The second-order valence-electron chi connectivity index (χ2n) is 4.29. The highest BCUT2D eigenvalue weighted by atomic mass is 32.2. The van der Waals surface area contributed by atoms with Crippen molar-refractivity contribution in [2.75, 3.05) is 18.6 Å². The quantitative estimate of drug-likeness (QED) is 0.724. The van der Waals surface area contributed by atoms with Crippen molar-refractivity contribution in [1.29, 1.82) is 0 Å². The lowest BCUT2D eigenvalue weighted by molar-refractivity contribution is 0.555. The van der Waals surface area contributed by atoms with Gasteiger partial charge in [0.05, 0.1) is 0 Å². The molecule has 0 spiro atoms. The van der Waals surface area contributed by atoms with Crippen LogP contribution >= 0.6 is 11.8 Å². The number of unbranched alkanes of at least 4 members (excludes halogenated alkanes) is 1. The molecule has 0 saturated carbocycles. The van der Waals surface area contributed by atoms with Crippen LogP contribution in [-0.4, -0.2) is 18.6 Å². The van der Waals surface area contributed by atoms with Crippen LogP contribution in [0, 0.1) is 6.92 Å². The molecule has 0 amide bonds. The molecule has 0 aliphatic carbocycles. The van der Waals surface area contributed by atoms with Crippen LogP contribution < -0.4 is 5.32 Å². The summed E-state index contributed by atoms with van der Waals surface area (Å²) >= 11 is 1.93. The summed E-state index contributed by atoms with van der Waals surface area (Å²) < 4.78 is 0. The Morgan fingerprint density at radius 3 is 2.50 bits per heavy atom. The molecular formula is C14H23NS. The molecule has 0 radical (unpaired) electrons. The van der Waals surface area contributed by atoms with E-state index in [1.54, 1.807) is 0 Å². The SMILES string of the molecule is CSCCCCN[C@H](C)c1ccc(C)cc1. The molecule has 0 heterocycles. The van der Waals surface area contributed by atoms with E-state index in [9.17, 15) is 0 Å². The van der Waals surface area contributed by atoms with Gasteiger partial charge in [0.15, 0.2) is 0 Å². The lowest BCUT2D eigenvalue weighted by Gasteiger charge is -2.14. The summed E-state index contributed by atoms with van der Waals surface area (Å²) in [6.07, 6.45) is 4.76. The molecule has 1 aromatic rings. The minimum atomic E-state index is 0.467. The van der Waals surface area contributed by atoms with Crippen LogP contribution in [-0.2, 0) is 0 Å². The van der Waals surface area contributed by atoms with E-state index in [-0.39, 0.29) is 0 Å². The smallest absolute Gasteiger partial charge is 0.0291 e. The number of thioether (sulfide) groups is 1. The molecule has 0 saturated heterocycles. The molecule has 1 rings (SSSR count). The first-order valence-corrected chi connectivity index (χ1v) is 7.42. The van der Waals surface area contributed by atoms with E-state index in [0.717, 1.165) is 6.54 Å². The zero-order valence-corrected chi connectivity index (χ0v) is 11.4. The molecular weight excluding hydrogens is 214 g/mol. The fourth-order valence-electron chi connectivity index (χ4n) is 1.66. The van der Waals surface area contributed by atoms with E-state index >= 15 is 0 Å². The third kappa shape index (κ3) is 5.04. The van der Waals surface area contributed by atoms with Gasteiger partial charge in [-0.25, -0.2) is 0 Å². The number of hydrogen-bond acceptors (Lipinski definition) is 2. The molecule has 1 atom stereocenters. The number of nitrogens with one attached hydrogen (secondary N) is 1. The van der Waals surface area contributed by atoms with E-state index in [0.29, 0.717) is 6.04 Å². The Labute approximate surface area is 104 Å². The lowest BCUT2D eigenvalue weighted by atomic mass is 10.1. The summed E-state index contributed by atoms with van der Waals surface area (Å²) in [6.45, 7) is 5.49. The molecule has 0 aliphatic heterocycles. The van der Waals surface area contributed by atoms with E-state index in [4.69, 9.17) is 0 Å². The first-order valence-electron chi connectivity index (χ1n) is 6.03. The predicted octanol–water partition coefficient (Wildman–Crippen LogP) is 3.79. The molecule has 0 aliphatic rings. The Balaban J connectivity index is 2.24. The van der Waals surface area contributed by atoms with Crippen molar-refractivity contribution in [2.24, 2.45) is 0 Å². The van der Waals surface area contributed by atoms with Gasteiger partial charge in [0.2, 0.25) is 0 Å². The summed E-state index contributed by atoms with van der Waals surface area (Å²) in [6, 6.07) is 9.27. The largest absolute Gasteiger partial charge is 0.310 e. The molecule has 1 nitrogen and oxygen atoms in total. The molecule has 90 valence electrons. The Morgan fingerprint density at radius 2 is 1.88 bits per heavy atom. The standard InChI is InChI=1S/C14H23NS/c1-12-6-8-14(9-7-12)13(2)15-10-4-5-11-16-3/h6-9,13,15H,4-5,10-11H2,1-3H3/t13-/m1/s1. The molecule has 1 aromatic carbocycles. The summed E-state index contributed by atoms with van der Waals surface area (Å²) in [5.74, 6) is 1.28. The van der Waals surface area contributed by atoms with Gasteiger partial charge in [-0.1, -0.05) is 29.8 Å². The maximum Gasteiger partial charge on any atom is 0.0291 e. The molecule has 0 unspecified atom stereocenters. The normalized spacial score (nSPS) is 12.7. The Hall–Kier alpha value is -0.470. The topological polar surface area (TPSA) is 12.0 Å². The van der Waals surface area contributed by atoms with Gasteiger partial charge in [0, 0.05) is 6.04 Å². The summed E-state index contributed by atoms with van der Waals surface area (Å²) in [7, 11) is 0. The fraction of sp³-hybridized carbons (Fsp3) is 0.571. The third-order valence-corrected chi connectivity index (χ3v) is 3.50. The van der Waals surface area contributed by atoms with Crippen molar-refractivity contribution in [3.63, 3.8) is 0 Å². The first kappa shape index (κ1) is 13.6. The Morgan fingerprint density at radius 1 is 1.19 bits per heavy atom. The van der Waals surface area contributed by atoms with Crippen LogP contribution in [0.2, 0.25) is 0 Å². The predicted molar refractivity (Wildman–Crippen MR) is 75.2 cm³/mol.